The van der Waals surface area contributed by atoms with Gasteiger partial charge in [0, 0.05) is 19.1 Å². The summed E-state index contributed by atoms with van der Waals surface area (Å²) < 4.78 is 5.78. The summed E-state index contributed by atoms with van der Waals surface area (Å²) >= 11 is 0. The number of ether oxygens (including phenoxy) is 1. The third kappa shape index (κ3) is 4.36. The SMILES string of the molecule is CNC1CCN(C(=O)Cc2ccc(Oc3ccccc3)cc2)CC1. The van der Waals surface area contributed by atoms with Crippen LogP contribution in [0.5, 0.6) is 11.5 Å². The summed E-state index contributed by atoms with van der Waals surface area (Å²) in [5, 5.41) is 3.29. The molecule has 1 N–H and O–H groups in total. The molecule has 1 amide bonds. The lowest BCUT2D eigenvalue weighted by Gasteiger charge is -2.31. The Bertz CT molecular complexity index is 647. The van der Waals surface area contributed by atoms with Crippen LogP contribution in [0.2, 0.25) is 0 Å². The molecule has 4 heteroatoms. The fourth-order valence-electron chi connectivity index (χ4n) is 3.00. The number of nitrogens with zero attached hydrogens (tertiary/aromatic N) is 1. The lowest BCUT2D eigenvalue weighted by atomic mass is 10.0. The van der Waals surface area contributed by atoms with Crippen LogP contribution < -0.4 is 10.1 Å². The highest BCUT2D eigenvalue weighted by molar-refractivity contribution is 5.78. The number of benzene rings is 2. The summed E-state index contributed by atoms with van der Waals surface area (Å²) in [6.07, 6.45) is 2.52. The minimum Gasteiger partial charge on any atom is -0.457 e. The van der Waals surface area contributed by atoms with E-state index in [4.69, 9.17) is 4.74 Å². The van der Waals surface area contributed by atoms with Gasteiger partial charge in [-0.2, -0.15) is 0 Å². The summed E-state index contributed by atoms with van der Waals surface area (Å²) in [7, 11) is 1.99. The highest BCUT2D eigenvalue weighted by atomic mass is 16.5. The second-order valence-corrected chi connectivity index (χ2v) is 6.18. The Kier molecular flexibility index (Phi) is 5.49. The van der Waals surface area contributed by atoms with Gasteiger partial charge in [-0.3, -0.25) is 4.79 Å². The monoisotopic (exact) mass is 324 g/mol. The van der Waals surface area contributed by atoms with Crippen molar-refractivity contribution in [2.24, 2.45) is 0 Å². The molecule has 0 atom stereocenters. The van der Waals surface area contributed by atoms with Crippen LogP contribution in [0.1, 0.15) is 18.4 Å². The minimum atomic E-state index is 0.210. The summed E-state index contributed by atoms with van der Waals surface area (Å²) in [5.41, 5.74) is 1.02. The Morgan fingerprint density at radius 1 is 1.04 bits per heavy atom. The molecule has 4 nitrogen and oxygen atoms in total. The minimum absolute atomic E-state index is 0.210. The second-order valence-electron chi connectivity index (χ2n) is 6.18. The molecular weight excluding hydrogens is 300 g/mol. The van der Waals surface area contributed by atoms with Crippen LogP contribution >= 0.6 is 0 Å². The quantitative estimate of drug-likeness (QED) is 0.918. The maximum Gasteiger partial charge on any atom is 0.226 e. The standard InChI is InChI=1S/C20H24N2O2/c1-21-17-11-13-22(14-12-17)20(23)15-16-7-9-19(10-8-16)24-18-5-3-2-4-6-18/h2-10,17,21H,11-15H2,1H3. The zero-order valence-corrected chi connectivity index (χ0v) is 14.1. The van der Waals surface area contributed by atoms with Gasteiger partial charge in [-0.1, -0.05) is 30.3 Å². The Labute approximate surface area is 143 Å². The molecule has 24 heavy (non-hydrogen) atoms. The molecule has 0 aliphatic carbocycles. The van der Waals surface area contributed by atoms with E-state index in [1.54, 1.807) is 0 Å². The van der Waals surface area contributed by atoms with E-state index in [0.29, 0.717) is 12.5 Å². The van der Waals surface area contributed by atoms with Crippen LogP contribution in [0.3, 0.4) is 0 Å². The Balaban J connectivity index is 1.53. The zero-order valence-electron chi connectivity index (χ0n) is 14.1. The molecule has 1 aliphatic heterocycles. The number of carbonyl (C=O) groups is 1. The van der Waals surface area contributed by atoms with Crippen LogP contribution in [-0.2, 0) is 11.2 Å². The van der Waals surface area contributed by atoms with Gasteiger partial charge in [0.1, 0.15) is 11.5 Å². The van der Waals surface area contributed by atoms with E-state index in [2.05, 4.69) is 5.32 Å². The molecule has 2 aromatic carbocycles. The molecule has 1 saturated heterocycles. The maximum absolute atomic E-state index is 12.4. The van der Waals surface area contributed by atoms with Crippen molar-refractivity contribution in [1.82, 2.24) is 10.2 Å². The van der Waals surface area contributed by atoms with Crippen molar-refractivity contribution < 1.29 is 9.53 Å². The van der Waals surface area contributed by atoms with Gasteiger partial charge < -0.3 is 15.0 Å². The normalized spacial score (nSPS) is 15.3. The third-order valence-electron chi connectivity index (χ3n) is 4.51. The van der Waals surface area contributed by atoms with Gasteiger partial charge in [-0.25, -0.2) is 0 Å². The van der Waals surface area contributed by atoms with Crippen LogP contribution in [0.15, 0.2) is 54.6 Å². The molecule has 3 rings (SSSR count). The first kappa shape index (κ1) is 16.5. The fraction of sp³-hybridized carbons (Fsp3) is 0.350. The molecule has 126 valence electrons. The molecule has 0 radical (unpaired) electrons. The number of para-hydroxylation sites is 1. The molecule has 0 aromatic heterocycles. The van der Waals surface area contributed by atoms with Gasteiger partial charge in [0.05, 0.1) is 6.42 Å². The lowest BCUT2D eigenvalue weighted by Crippen LogP contribution is -2.44. The predicted molar refractivity (Wildman–Crippen MR) is 95.3 cm³/mol. The highest BCUT2D eigenvalue weighted by Crippen LogP contribution is 2.21. The molecule has 1 heterocycles. The summed E-state index contributed by atoms with van der Waals surface area (Å²) in [6.45, 7) is 1.69. The smallest absolute Gasteiger partial charge is 0.226 e. The van der Waals surface area contributed by atoms with Crippen molar-refractivity contribution in [2.45, 2.75) is 25.3 Å². The molecular formula is C20H24N2O2. The number of likely N-dealkylation sites (tertiary alicyclic amines) is 1. The second kappa shape index (κ2) is 7.97. The lowest BCUT2D eigenvalue weighted by molar-refractivity contribution is -0.131. The molecule has 1 aliphatic rings. The van der Waals surface area contributed by atoms with E-state index >= 15 is 0 Å². The largest absolute Gasteiger partial charge is 0.457 e. The van der Waals surface area contributed by atoms with Crippen molar-refractivity contribution in [1.29, 1.82) is 0 Å². The molecule has 0 bridgehead atoms. The maximum atomic E-state index is 12.4. The van der Waals surface area contributed by atoms with E-state index < -0.39 is 0 Å². The van der Waals surface area contributed by atoms with Gasteiger partial charge in [0.25, 0.3) is 0 Å². The number of carbonyl (C=O) groups excluding carboxylic acids is 1. The van der Waals surface area contributed by atoms with Crippen molar-refractivity contribution in [3.05, 3.63) is 60.2 Å². The summed E-state index contributed by atoms with van der Waals surface area (Å²) in [4.78, 5) is 14.4. The topological polar surface area (TPSA) is 41.6 Å². The highest BCUT2D eigenvalue weighted by Gasteiger charge is 2.21. The van der Waals surface area contributed by atoms with Gasteiger partial charge in [0.15, 0.2) is 0 Å². The molecule has 2 aromatic rings. The number of hydrogen-bond donors (Lipinski definition) is 1. The Morgan fingerprint density at radius 2 is 1.67 bits per heavy atom. The van der Waals surface area contributed by atoms with Gasteiger partial charge >= 0.3 is 0 Å². The first-order valence-electron chi connectivity index (χ1n) is 8.51. The fourth-order valence-corrected chi connectivity index (χ4v) is 3.00. The third-order valence-corrected chi connectivity index (χ3v) is 4.51. The van der Waals surface area contributed by atoms with Crippen molar-refractivity contribution in [3.8, 4) is 11.5 Å². The number of amides is 1. The zero-order chi connectivity index (χ0) is 16.8. The molecule has 1 fully saturated rings. The average Bonchev–Trinajstić information content (AvgIpc) is 2.64. The van der Waals surface area contributed by atoms with E-state index in [1.807, 2.05) is 66.5 Å². The summed E-state index contributed by atoms with van der Waals surface area (Å²) in [6, 6.07) is 18.0. The first-order valence-corrected chi connectivity index (χ1v) is 8.51. The Hall–Kier alpha value is -2.33. The van der Waals surface area contributed by atoms with E-state index in [-0.39, 0.29) is 5.91 Å². The van der Waals surface area contributed by atoms with Crippen LogP contribution in [0.25, 0.3) is 0 Å². The summed E-state index contributed by atoms with van der Waals surface area (Å²) in [5.74, 6) is 1.81. The van der Waals surface area contributed by atoms with Crippen LogP contribution in [0, 0.1) is 0 Å². The van der Waals surface area contributed by atoms with E-state index in [1.165, 1.54) is 0 Å². The molecule has 0 saturated carbocycles. The molecule has 0 spiro atoms. The van der Waals surface area contributed by atoms with Crippen LogP contribution in [0.4, 0.5) is 0 Å². The van der Waals surface area contributed by atoms with Gasteiger partial charge in [-0.05, 0) is 49.7 Å². The first-order chi connectivity index (χ1) is 11.7. The van der Waals surface area contributed by atoms with Crippen molar-refractivity contribution >= 4 is 5.91 Å². The number of hydrogen-bond acceptors (Lipinski definition) is 3. The van der Waals surface area contributed by atoms with Gasteiger partial charge in [0.2, 0.25) is 5.91 Å². The average molecular weight is 324 g/mol. The Morgan fingerprint density at radius 3 is 2.29 bits per heavy atom. The number of rotatable bonds is 5. The predicted octanol–water partition coefficient (Wildman–Crippen LogP) is 3.23. The number of nitrogens with one attached hydrogen (secondary N) is 1. The van der Waals surface area contributed by atoms with Crippen molar-refractivity contribution in [2.75, 3.05) is 20.1 Å². The van der Waals surface area contributed by atoms with Crippen molar-refractivity contribution in [3.63, 3.8) is 0 Å². The van der Waals surface area contributed by atoms with Crippen LogP contribution in [-0.4, -0.2) is 37.0 Å². The van der Waals surface area contributed by atoms with E-state index in [9.17, 15) is 4.79 Å². The number of piperidine rings is 1. The van der Waals surface area contributed by atoms with E-state index in [0.717, 1.165) is 43.0 Å². The van der Waals surface area contributed by atoms with Gasteiger partial charge in [-0.15, -0.1) is 0 Å². The molecule has 0 unspecified atom stereocenters.